The topological polar surface area (TPSA) is 146 Å². The van der Waals surface area contributed by atoms with Crippen LogP contribution < -0.4 is 10.7 Å². The first kappa shape index (κ1) is 32.1. The molecule has 0 aliphatic rings. The first-order valence-corrected chi connectivity index (χ1v) is 12.6. The lowest BCUT2D eigenvalue weighted by Crippen LogP contribution is -2.12. The molecule has 0 atom stereocenters. The van der Waals surface area contributed by atoms with E-state index >= 15 is 0 Å². The highest BCUT2D eigenvalue weighted by Gasteiger charge is 2.38. The van der Waals surface area contributed by atoms with E-state index in [1.165, 1.54) is 25.4 Å². The van der Waals surface area contributed by atoms with Gasteiger partial charge in [0.25, 0.3) is 0 Å². The van der Waals surface area contributed by atoms with Gasteiger partial charge in [0.1, 0.15) is 28.4 Å². The molecule has 2 heterocycles. The lowest BCUT2D eigenvalue weighted by atomic mass is 9.98. The van der Waals surface area contributed by atoms with Gasteiger partial charge in [-0.3, -0.25) is 0 Å². The SMILES string of the molecule is Cc1cc(-c2nc3c(C#N)c4nc(-c5cc(C(F)(F)F)cc(C(F)(F)F)c5)c(=NC#N)c4c(C#N)c3c2=NC#N)cc(C(F)(F)F)c1. The third-order valence-electron chi connectivity index (χ3n) is 6.90. The second-order valence-electron chi connectivity index (χ2n) is 9.84. The van der Waals surface area contributed by atoms with E-state index in [-0.39, 0.29) is 28.3 Å². The van der Waals surface area contributed by atoms with Gasteiger partial charge in [-0.2, -0.15) is 70.5 Å². The molecule has 0 aliphatic heterocycles. The molecule has 47 heavy (non-hydrogen) atoms. The molecule has 2 aromatic heterocycles. The van der Waals surface area contributed by atoms with E-state index in [1.807, 2.05) is 0 Å². The van der Waals surface area contributed by atoms with Crippen molar-refractivity contribution in [1.29, 1.82) is 21.0 Å². The van der Waals surface area contributed by atoms with Crippen molar-refractivity contribution in [2.24, 2.45) is 9.98 Å². The minimum absolute atomic E-state index is 0.116. The molecule has 3 aromatic carbocycles. The standard InChI is InChI=1S/C30H9F9N8/c1-12-2-13(4-15(3-12)28(31,32)33)22-26(44-10-42)20-18(8-40)21-25(19(9-41)24(20)46-22)47-23(27(21)45-11-43)14-5-16(29(34,35)36)7-17(6-14)30(37,38)39/h2-7H,1H3. The summed E-state index contributed by atoms with van der Waals surface area (Å²) in [7, 11) is 0. The molecular formula is C30H9F9N8. The Morgan fingerprint density at radius 2 is 0.936 bits per heavy atom. The average Bonchev–Trinajstić information content (AvgIpc) is 3.54. The fourth-order valence-electron chi connectivity index (χ4n) is 5.09. The number of nitriles is 4. The molecule has 0 radical (unpaired) electrons. The van der Waals surface area contributed by atoms with Crippen molar-refractivity contribution in [3.8, 4) is 47.0 Å². The van der Waals surface area contributed by atoms with Gasteiger partial charge in [0.15, 0.2) is 0 Å². The summed E-state index contributed by atoms with van der Waals surface area (Å²) >= 11 is 0. The summed E-state index contributed by atoms with van der Waals surface area (Å²) in [5, 5.41) is 37.3. The minimum atomic E-state index is -5.26. The number of fused-ring (bicyclic) bond motifs is 2. The van der Waals surface area contributed by atoms with Gasteiger partial charge in [-0.05, 0) is 48.9 Å². The van der Waals surface area contributed by atoms with Gasteiger partial charge >= 0.3 is 18.5 Å². The predicted octanol–water partition coefficient (Wildman–Crippen LogP) is 6.86. The predicted molar refractivity (Wildman–Crippen MR) is 142 cm³/mol. The third kappa shape index (κ3) is 5.45. The summed E-state index contributed by atoms with van der Waals surface area (Å²) in [5.74, 6) is 0. The molecule has 0 unspecified atom stereocenters. The maximum absolute atomic E-state index is 13.6. The van der Waals surface area contributed by atoms with Crippen LogP contribution in [0.3, 0.4) is 0 Å². The van der Waals surface area contributed by atoms with Gasteiger partial charge in [0, 0.05) is 21.9 Å². The average molecular weight is 652 g/mol. The van der Waals surface area contributed by atoms with E-state index in [2.05, 4.69) is 20.0 Å². The number of hydrogen-bond donors (Lipinski definition) is 0. The van der Waals surface area contributed by atoms with Crippen LogP contribution in [0.25, 0.3) is 44.3 Å². The Morgan fingerprint density at radius 1 is 0.553 bits per heavy atom. The Morgan fingerprint density at radius 3 is 1.30 bits per heavy atom. The smallest absolute Gasteiger partial charge is 0.244 e. The first-order chi connectivity index (χ1) is 21.9. The zero-order chi connectivity index (χ0) is 34.6. The number of aromatic nitrogens is 2. The van der Waals surface area contributed by atoms with Crippen molar-refractivity contribution in [2.45, 2.75) is 25.5 Å². The van der Waals surface area contributed by atoms with Crippen LogP contribution in [0.2, 0.25) is 0 Å². The number of halogens is 9. The Hall–Kier alpha value is -6.33. The van der Waals surface area contributed by atoms with Crippen molar-refractivity contribution in [2.75, 3.05) is 0 Å². The van der Waals surface area contributed by atoms with E-state index in [0.29, 0.717) is 18.2 Å². The highest BCUT2D eigenvalue weighted by molar-refractivity contribution is 6.09. The van der Waals surface area contributed by atoms with Crippen LogP contribution >= 0.6 is 0 Å². The third-order valence-corrected chi connectivity index (χ3v) is 6.90. The molecule has 0 amide bonds. The Labute approximate surface area is 255 Å². The number of hydrogen-bond acceptors (Lipinski definition) is 8. The molecule has 5 aromatic rings. The monoisotopic (exact) mass is 652 g/mol. The second-order valence-corrected chi connectivity index (χ2v) is 9.84. The van der Waals surface area contributed by atoms with Crippen molar-refractivity contribution >= 4 is 21.8 Å². The highest BCUT2D eigenvalue weighted by Crippen LogP contribution is 2.40. The number of benzene rings is 3. The molecule has 0 spiro atoms. The summed E-state index contributed by atoms with van der Waals surface area (Å²) in [6, 6.07) is 6.75. The Kier molecular flexibility index (Phi) is 7.46. The highest BCUT2D eigenvalue weighted by atomic mass is 19.4. The van der Waals surface area contributed by atoms with Gasteiger partial charge in [0.2, 0.25) is 12.4 Å². The van der Waals surface area contributed by atoms with Crippen LogP contribution in [0.5, 0.6) is 0 Å². The zero-order valence-electron chi connectivity index (χ0n) is 22.9. The number of rotatable bonds is 2. The number of nitrogens with zero attached hydrogens (tertiary/aromatic N) is 8. The Bertz CT molecular complexity index is 2400. The van der Waals surface area contributed by atoms with Crippen LogP contribution in [-0.4, -0.2) is 9.97 Å². The van der Waals surface area contributed by atoms with Crippen LogP contribution in [-0.2, 0) is 18.5 Å². The van der Waals surface area contributed by atoms with E-state index in [1.54, 1.807) is 12.1 Å². The molecule has 0 bridgehead atoms. The molecule has 8 nitrogen and oxygen atoms in total. The molecule has 232 valence electrons. The van der Waals surface area contributed by atoms with Crippen LogP contribution in [0, 0.1) is 52.5 Å². The van der Waals surface area contributed by atoms with Gasteiger partial charge in [-0.15, -0.1) is 0 Å². The maximum Gasteiger partial charge on any atom is 0.416 e. The van der Waals surface area contributed by atoms with E-state index in [0.717, 1.165) is 6.07 Å². The fourth-order valence-corrected chi connectivity index (χ4v) is 5.09. The van der Waals surface area contributed by atoms with Crippen molar-refractivity contribution in [1.82, 2.24) is 9.97 Å². The Balaban J connectivity index is 2.00. The van der Waals surface area contributed by atoms with Gasteiger partial charge < -0.3 is 0 Å². The number of aryl methyl sites for hydroxylation is 1. The first-order valence-electron chi connectivity index (χ1n) is 12.6. The lowest BCUT2D eigenvalue weighted by molar-refractivity contribution is -0.143. The van der Waals surface area contributed by atoms with Gasteiger partial charge in [0.05, 0.1) is 44.7 Å². The van der Waals surface area contributed by atoms with Crippen LogP contribution in [0.15, 0.2) is 46.4 Å². The van der Waals surface area contributed by atoms with Crippen LogP contribution in [0.4, 0.5) is 39.5 Å². The summed E-state index contributed by atoms with van der Waals surface area (Å²) in [6.45, 7) is 1.34. The summed E-state index contributed by atoms with van der Waals surface area (Å²) in [4.78, 5) is 15.4. The normalized spacial score (nSPS) is 13.1. The van der Waals surface area contributed by atoms with E-state index in [4.69, 9.17) is 0 Å². The molecule has 0 fully saturated rings. The second kappa shape index (κ2) is 10.9. The van der Waals surface area contributed by atoms with E-state index in [9.17, 15) is 60.6 Å². The van der Waals surface area contributed by atoms with Gasteiger partial charge in [-0.1, -0.05) is 0 Å². The van der Waals surface area contributed by atoms with Gasteiger partial charge in [-0.25, -0.2) is 9.97 Å². The molecule has 5 rings (SSSR count). The molecular weight excluding hydrogens is 643 g/mol. The summed E-state index contributed by atoms with van der Waals surface area (Å²) in [6.07, 6.45) is -12.5. The number of alkyl halides is 9. The minimum Gasteiger partial charge on any atom is -0.244 e. The molecule has 0 N–H and O–H groups in total. The molecule has 17 heteroatoms. The largest absolute Gasteiger partial charge is 0.416 e. The van der Waals surface area contributed by atoms with Crippen molar-refractivity contribution in [3.63, 3.8) is 0 Å². The maximum atomic E-state index is 13.6. The lowest BCUT2D eigenvalue weighted by Gasteiger charge is -2.13. The zero-order valence-corrected chi connectivity index (χ0v) is 22.9. The molecule has 0 saturated carbocycles. The summed E-state index contributed by atoms with van der Waals surface area (Å²) < 4.78 is 123. The van der Waals surface area contributed by atoms with Crippen molar-refractivity contribution in [3.05, 3.63) is 80.5 Å². The molecule has 0 saturated heterocycles. The fraction of sp³-hybridized carbons (Fsp3) is 0.133. The quantitative estimate of drug-likeness (QED) is 0.150. The van der Waals surface area contributed by atoms with Crippen molar-refractivity contribution < 1.29 is 39.5 Å². The molecule has 0 aliphatic carbocycles. The van der Waals surface area contributed by atoms with Crippen LogP contribution in [0.1, 0.15) is 33.4 Å². The summed E-state index contributed by atoms with van der Waals surface area (Å²) in [5.41, 5.74) is -8.58. The van der Waals surface area contributed by atoms with E-state index < -0.39 is 84.7 Å².